The van der Waals surface area contributed by atoms with Gasteiger partial charge in [0.1, 0.15) is 18.3 Å². The topological polar surface area (TPSA) is 125 Å². The van der Waals surface area contributed by atoms with Gasteiger partial charge in [-0.15, -0.1) is 11.6 Å². The number of esters is 4. The lowest BCUT2D eigenvalue weighted by molar-refractivity contribution is -0.214. The van der Waals surface area contributed by atoms with Gasteiger partial charge in [-0.25, -0.2) is 0 Å². The SMILES string of the molecule is C=C1CCC(OC(C)=O)C2(C)C(OC(C)=O)C=CC(CCl)=CC3OC(=O)C(C)C3(O)C(OC(C)=O)C12. The van der Waals surface area contributed by atoms with E-state index in [0.717, 1.165) is 0 Å². The highest BCUT2D eigenvalue weighted by atomic mass is 35.5. The number of allylic oxidation sites excluding steroid dienone is 2. The summed E-state index contributed by atoms with van der Waals surface area (Å²) in [7, 11) is 0. The van der Waals surface area contributed by atoms with E-state index in [1.807, 2.05) is 0 Å². The maximum Gasteiger partial charge on any atom is 0.312 e. The number of hydrogen-bond donors (Lipinski definition) is 1. The lowest BCUT2D eigenvalue weighted by Crippen LogP contribution is -2.65. The fourth-order valence-corrected chi connectivity index (χ4v) is 5.93. The first-order valence-corrected chi connectivity index (χ1v) is 12.4. The molecule has 9 nitrogen and oxygen atoms in total. The Balaban J connectivity index is 2.39. The van der Waals surface area contributed by atoms with Crippen molar-refractivity contribution in [1.82, 2.24) is 0 Å². The molecule has 3 rings (SSSR count). The van der Waals surface area contributed by atoms with E-state index < -0.39 is 71.1 Å². The predicted octanol–water partition coefficient (Wildman–Crippen LogP) is 2.78. The minimum Gasteiger partial charge on any atom is -0.462 e. The summed E-state index contributed by atoms with van der Waals surface area (Å²) < 4.78 is 22.8. The maximum absolute atomic E-state index is 12.7. The van der Waals surface area contributed by atoms with Crippen molar-refractivity contribution in [3.05, 3.63) is 36.0 Å². The Morgan fingerprint density at radius 1 is 1.17 bits per heavy atom. The van der Waals surface area contributed by atoms with Crippen LogP contribution >= 0.6 is 11.6 Å². The molecule has 3 aliphatic rings. The number of fused-ring (bicyclic) bond motifs is 2. The molecule has 0 amide bonds. The zero-order valence-corrected chi connectivity index (χ0v) is 21.9. The first kappa shape index (κ1) is 27.9. The molecule has 8 unspecified atom stereocenters. The Bertz CT molecular complexity index is 1020. The monoisotopic (exact) mass is 524 g/mol. The average Bonchev–Trinajstić information content (AvgIpc) is 2.99. The van der Waals surface area contributed by atoms with E-state index in [4.69, 9.17) is 30.5 Å². The number of aliphatic hydroxyl groups is 1. The molecule has 0 aromatic heterocycles. The number of ether oxygens (including phenoxy) is 4. The molecule has 1 saturated carbocycles. The van der Waals surface area contributed by atoms with E-state index in [2.05, 4.69) is 6.58 Å². The summed E-state index contributed by atoms with van der Waals surface area (Å²) in [6.45, 7) is 11.1. The largest absolute Gasteiger partial charge is 0.462 e. The van der Waals surface area contributed by atoms with Crippen LogP contribution in [0.5, 0.6) is 0 Å². The third-order valence-corrected chi connectivity index (χ3v) is 7.86. The van der Waals surface area contributed by atoms with Crippen LogP contribution in [0.15, 0.2) is 36.0 Å². The number of carbonyl (C=O) groups is 4. The van der Waals surface area contributed by atoms with Crippen LogP contribution in [0, 0.1) is 17.3 Å². The second-order valence-corrected chi connectivity index (χ2v) is 10.2. The van der Waals surface area contributed by atoms with Crippen molar-refractivity contribution in [2.24, 2.45) is 17.3 Å². The molecule has 8 atom stereocenters. The Kier molecular flexibility index (Phi) is 8.05. The third kappa shape index (κ3) is 4.83. The van der Waals surface area contributed by atoms with Gasteiger partial charge in [0.25, 0.3) is 0 Å². The van der Waals surface area contributed by atoms with Crippen molar-refractivity contribution in [3.8, 4) is 0 Å². The smallest absolute Gasteiger partial charge is 0.312 e. The van der Waals surface area contributed by atoms with E-state index in [-0.39, 0.29) is 5.88 Å². The molecule has 1 aliphatic heterocycles. The fraction of sp³-hybridized carbons (Fsp3) is 0.615. The second-order valence-electron chi connectivity index (χ2n) is 9.90. The zero-order valence-electron chi connectivity index (χ0n) is 21.1. The summed E-state index contributed by atoms with van der Waals surface area (Å²) in [6, 6.07) is 0. The molecular weight excluding hydrogens is 492 g/mol. The summed E-state index contributed by atoms with van der Waals surface area (Å²) in [5, 5.41) is 12.2. The van der Waals surface area contributed by atoms with Crippen LogP contribution in [0.2, 0.25) is 0 Å². The molecule has 2 fully saturated rings. The maximum atomic E-state index is 12.7. The molecular formula is C26H33ClO9. The highest BCUT2D eigenvalue weighted by Crippen LogP contribution is 2.55. The summed E-state index contributed by atoms with van der Waals surface area (Å²) in [5.74, 6) is -4.54. The van der Waals surface area contributed by atoms with Crippen LogP contribution in [-0.4, -0.2) is 64.9 Å². The molecule has 1 heterocycles. The molecule has 1 N–H and O–H groups in total. The minimum absolute atomic E-state index is 0.0136. The Labute approximate surface area is 215 Å². The van der Waals surface area contributed by atoms with Gasteiger partial charge in [0, 0.05) is 32.6 Å². The van der Waals surface area contributed by atoms with Gasteiger partial charge >= 0.3 is 23.9 Å². The molecule has 36 heavy (non-hydrogen) atoms. The van der Waals surface area contributed by atoms with Crippen LogP contribution in [0.25, 0.3) is 0 Å². The van der Waals surface area contributed by atoms with Crippen LogP contribution in [-0.2, 0) is 38.1 Å². The van der Waals surface area contributed by atoms with E-state index >= 15 is 0 Å². The van der Waals surface area contributed by atoms with Crippen molar-refractivity contribution in [3.63, 3.8) is 0 Å². The summed E-state index contributed by atoms with van der Waals surface area (Å²) >= 11 is 6.16. The fourth-order valence-electron chi connectivity index (χ4n) is 5.75. The van der Waals surface area contributed by atoms with Gasteiger partial charge in [0.2, 0.25) is 0 Å². The van der Waals surface area contributed by atoms with Crippen LogP contribution in [0.1, 0.15) is 47.5 Å². The summed E-state index contributed by atoms with van der Waals surface area (Å²) in [4.78, 5) is 49.5. The van der Waals surface area contributed by atoms with Crippen LogP contribution < -0.4 is 0 Å². The van der Waals surface area contributed by atoms with Crippen molar-refractivity contribution in [1.29, 1.82) is 0 Å². The molecule has 1 saturated heterocycles. The van der Waals surface area contributed by atoms with E-state index in [9.17, 15) is 24.3 Å². The summed E-state index contributed by atoms with van der Waals surface area (Å²) in [6.07, 6.45) is 1.10. The predicted molar refractivity (Wildman–Crippen MR) is 129 cm³/mol. The molecule has 198 valence electrons. The Hall–Kier alpha value is -2.65. The van der Waals surface area contributed by atoms with Gasteiger partial charge < -0.3 is 24.1 Å². The number of hydrogen-bond acceptors (Lipinski definition) is 9. The van der Waals surface area contributed by atoms with Gasteiger partial charge in [0.15, 0.2) is 11.7 Å². The van der Waals surface area contributed by atoms with Crippen molar-refractivity contribution >= 4 is 35.5 Å². The van der Waals surface area contributed by atoms with Gasteiger partial charge in [-0.05, 0) is 37.5 Å². The lowest BCUT2D eigenvalue weighted by atomic mass is 9.55. The number of alkyl halides is 1. The number of halogens is 1. The van der Waals surface area contributed by atoms with Crippen LogP contribution in [0.3, 0.4) is 0 Å². The third-order valence-electron chi connectivity index (χ3n) is 7.55. The lowest BCUT2D eigenvalue weighted by Gasteiger charge is -2.54. The quantitative estimate of drug-likeness (QED) is 0.256. The molecule has 2 aliphatic carbocycles. The first-order valence-electron chi connectivity index (χ1n) is 11.8. The van der Waals surface area contributed by atoms with Crippen molar-refractivity contribution < 1.29 is 43.2 Å². The molecule has 0 radical (unpaired) electrons. The number of carbonyl (C=O) groups excluding carboxylic acids is 4. The molecule has 10 heteroatoms. The Morgan fingerprint density at radius 2 is 1.78 bits per heavy atom. The van der Waals surface area contributed by atoms with Gasteiger partial charge in [-0.2, -0.15) is 0 Å². The molecule has 0 aromatic carbocycles. The summed E-state index contributed by atoms with van der Waals surface area (Å²) in [5.41, 5.74) is -2.23. The van der Waals surface area contributed by atoms with Gasteiger partial charge in [0.05, 0.1) is 11.3 Å². The highest BCUT2D eigenvalue weighted by Gasteiger charge is 2.67. The molecule has 0 bridgehead atoms. The first-order chi connectivity index (χ1) is 16.8. The van der Waals surface area contributed by atoms with Gasteiger partial charge in [-0.1, -0.05) is 25.2 Å². The Morgan fingerprint density at radius 3 is 2.33 bits per heavy atom. The van der Waals surface area contributed by atoms with Crippen molar-refractivity contribution in [2.45, 2.75) is 77.5 Å². The zero-order chi connectivity index (χ0) is 27.0. The number of rotatable bonds is 4. The molecule has 0 spiro atoms. The normalized spacial score (nSPS) is 38.1. The second kappa shape index (κ2) is 10.4. The molecule has 0 aromatic rings. The van der Waals surface area contributed by atoms with Gasteiger partial charge in [-0.3, -0.25) is 19.2 Å². The van der Waals surface area contributed by atoms with Crippen LogP contribution in [0.4, 0.5) is 0 Å². The van der Waals surface area contributed by atoms with E-state index in [1.54, 1.807) is 19.1 Å². The standard InChI is InChI=1S/C26H33ClO9/c1-13-7-9-19(33-15(3)28)25(6)20(34-16(4)29)10-8-18(12-27)11-21-26(32,14(2)24(31)36-21)23(22(13)25)35-17(5)30/h8,10-11,14,19-23,32H,1,7,9,12H2,2-6H3. The van der Waals surface area contributed by atoms with Crippen molar-refractivity contribution in [2.75, 3.05) is 5.88 Å². The minimum atomic E-state index is -2.03. The highest BCUT2D eigenvalue weighted by molar-refractivity contribution is 6.19. The average molecular weight is 525 g/mol. The van der Waals surface area contributed by atoms with E-state index in [0.29, 0.717) is 24.0 Å². The van der Waals surface area contributed by atoms with E-state index in [1.165, 1.54) is 33.8 Å².